The van der Waals surface area contributed by atoms with E-state index < -0.39 is 0 Å². The minimum absolute atomic E-state index is 0.0133. The van der Waals surface area contributed by atoms with Crippen molar-refractivity contribution in [2.75, 3.05) is 32.4 Å². The summed E-state index contributed by atoms with van der Waals surface area (Å²) >= 11 is 6.08. The van der Waals surface area contributed by atoms with Crippen LogP contribution in [0.25, 0.3) is 0 Å². The third kappa shape index (κ3) is 2.60. The van der Waals surface area contributed by atoms with Crippen LogP contribution in [0.5, 0.6) is 0 Å². The summed E-state index contributed by atoms with van der Waals surface area (Å²) in [6.45, 7) is 4.57. The lowest BCUT2D eigenvalue weighted by molar-refractivity contribution is 0.0534. The maximum atomic E-state index is 12.4. The minimum Gasteiger partial charge on any atom is -0.399 e. The van der Waals surface area contributed by atoms with Crippen LogP contribution in [0.3, 0.4) is 0 Å². The standard InChI is InChI=1S/C13H18ClN3O/c1-9-8-16(2)5-6-17(9)13(18)11-4-3-10(15)7-12(11)14/h3-4,7,9H,5-6,8,15H2,1-2H3. The van der Waals surface area contributed by atoms with Crippen molar-refractivity contribution in [3.8, 4) is 0 Å². The molecule has 1 fully saturated rings. The van der Waals surface area contributed by atoms with Gasteiger partial charge in [0.25, 0.3) is 5.91 Å². The molecule has 1 heterocycles. The minimum atomic E-state index is -0.0133. The number of amides is 1. The van der Waals surface area contributed by atoms with E-state index in [0.29, 0.717) is 16.3 Å². The van der Waals surface area contributed by atoms with Crippen LogP contribution >= 0.6 is 11.6 Å². The molecular formula is C13H18ClN3O. The van der Waals surface area contributed by atoms with E-state index in [9.17, 15) is 4.79 Å². The molecule has 1 amide bonds. The van der Waals surface area contributed by atoms with Gasteiger partial charge in [-0.25, -0.2) is 0 Å². The van der Waals surface area contributed by atoms with Gasteiger partial charge in [-0.2, -0.15) is 0 Å². The van der Waals surface area contributed by atoms with Gasteiger partial charge in [-0.05, 0) is 32.2 Å². The zero-order valence-electron chi connectivity index (χ0n) is 10.7. The molecule has 0 spiro atoms. The lowest BCUT2D eigenvalue weighted by Crippen LogP contribution is -2.52. The van der Waals surface area contributed by atoms with Gasteiger partial charge < -0.3 is 15.5 Å². The number of nitrogens with two attached hydrogens (primary N) is 1. The highest BCUT2D eigenvalue weighted by Gasteiger charge is 2.27. The molecule has 0 aliphatic carbocycles. The molecule has 2 rings (SSSR count). The molecule has 18 heavy (non-hydrogen) atoms. The third-order valence-corrected chi connectivity index (χ3v) is 3.63. The molecule has 2 N–H and O–H groups in total. The number of nitrogens with zero attached hydrogens (tertiary/aromatic N) is 2. The van der Waals surface area contributed by atoms with E-state index in [-0.39, 0.29) is 11.9 Å². The first-order valence-electron chi connectivity index (χ1n) is 6.03. The number of benzene rings is 1. The monoisotopic (exact) mass is 267 g/mol. The van der Waals surface area contributed by atoms with E-state index >= 15 is 0 Å². The molecule has 1 saturated heterocycles. The summed E-state index contributed by atoms with van der Waals surface area (Å²) < 4.78 is 0. The summed E-state index contributed by atoms with van der Waals surface area (Å²) in [5, 5.41) is 0.422. The fourth-order valence-electron chi connectivity index (χ4n) is 2.30. The molecule has 0 radical (unpaired) electrons. The Morgan fingerprint density at radius 1 is 1.44 bits per heavy atom. The number of nitrogen functional groups attached to an aromatic ring is 1. The van der Waals surface area contributed by atoms with Crippen LogP contribution in [0, 0.1) is 0 Å². The van der Waals surface area contributed by atoms with Crippen LogP contribution < -0.4 is 5.73 Å². The molecule has 5 heteroatoms. The number of hydrogen-bond acceptors (Lipinski definition) is 3. The quantitative estimate of drug-likeness (QED) is 0.788. The van der Waals surface area contributed by atoms with Crippen LogP contribution in [-0.4, -0.2) is 48.4 Å². The van der Waals surface area contributed by atoms with E-state index in [0.717, 1.165) is 19.6 Å². The van der Waals surface area contributed by atoms with Crippen molar-refractivity contribution in [2.45, 2.75) is 13.0 Å². The fourth-order valence-corrected chi connectivity index (χ4v) is 2.57. The molecule has 0 aromatic heterocycles. The van der Waals surface area contributed by atoms with Crippen molar-refractivity contribution < 1.29 is 4.79 Å². The smallest absolute Gasteiger partial charge is 0.255 e. The fraction of sp³-hybridized carbons (Fsp3) is 0.462. The molecule has 1 aromatic carbocycles. The van der Waals surface area contributed by atoms with Crippen LogP contribution in [0.2, 0.25) is 5.02 Å². The number of carbonyl (C=O) groups is 1. The molecule has 1 unspecified atom stereocenters. The number of rotatable bonds is 1. The Morgan fingerprint density at radius 2 is 2.17 bits per heavy atom. The van der Waals surface area contributed by atoms with Gasteiger partial charge in [0.05, 0.1) is 10.6 Å². The highest BCUT2D eigenvalue weighted by molar-refractivity contribution is 6.34. The van der Waals surface area contributed by atoms with Crippen molar-refractivity contribution in [1.29, 1.82) is 0 Å². The Hall–Kier alpha value is -1.26. The molecule has 0 saturated carbocycles. The third-order valence-electron chi connectivity index (χ3n) is 3.31. The second-order valence-corrected chi connectivity index (χ2v) is 5.26. The number of piperazine rings is 1. The van der Waals surface area contributed by atoms with E-state index in [2.05, 4.69) is 18.9 Å². The molecule has 1 aliphatic rings. The van der Waals surface area contributed by atoms with Crippen molar-refractivity contribution in [3.05, 3.63) is 28.8 Å². The van der Waals surface area contributed by atoms with Gasteiger partial charge in [-0.15, -0.1) is 0 Å². The first kappa shape index (κ1) is 13.2. The van der Waals surface area contributed by atoms with Crippen molar-refractivity contribution >= 4 is 23.2 Å². The Labute approximate surface area is 112 Å². The summed E-state index contributed by atoms with van der Waals surface area (Å²) in [5.41, 5.74) is 6.74. The number of halogens is 1. The summed E-state index contributed by atoms with van der Waals surface area (Å²) in [4.78, 5) is 16.5. The molecule has 1 aliphatic heterocycles. The summed E-state index contributed by atoms with van der Waals surface area (Å²) in [6, 6.07) is 5.23. The van der Waals surface area contributed by atoms with Gasteiger partial charge in [0, 0.05) is 31.4 Å². The number of anilines is 1. The van der Waals surface area contributed by atoms with Crippen LogP contribution in [0.4, 0.5) is 5.69 Å². The van der Waals surface area contributed by atoms with Crippen LogP contribution in [0.1, 0.15) is 17.3 Å². The van der Waals surface area contributed by atoms with Gasteiger partial charge >= 0.3 is 0 Å². The normalized spacial score (nSPS) is 21.1. The number of likely N-dealkylation sites (N-methyl/N-ethyl adjacent to an activating group) is 1. The maximum Gasteiger partial charge on any atom is 0.255 e. The highest BCUT2D eigenvalue weighted by atomic mass is 35.5. The Kier molecular flexibility index (Phi) is 3.78. The average molecular weight is 268 g/mol. The SMILES string of the molecule is CC1CN(C)CCN1C(=O)c1ccc(N)cc1Cl. The second-order valence-electron chi connectivity index (χ2n) is 4.85. The van der Waals surface area contributed by atoms with Gasteiger partial charge in [0.15, 0.2) is 0 Å². The van der Waals surface area contributed by atoms with Gasteiger partial charge in [-0.1, -0.05) is 11.6 Å². The average Bonchev–Trinajstić information content (AvgIpc) is 2.28. The Bertz CT molecular complexity index is 464. The molecule has 0 bridgehead atoms. The zero-order valence-corrected chi connectivity index (χ0v) is 11.4. The zero-order chi connectivity index (χ0) is 13.3. The topological polar surface area (TPSA) is 49.6 Å². The van der Waals surface area contributed by atoms with Crippen molar-refractivity contribution in [2.24, 2.45) is 0 Å². The molecule has 1 aromatic rings. The molecule has 1 atom stereocenters. The van der Waals surface area contributed by atoms with Crippen molar-refractivity contribution in [3.63, 3.8) is 0 Å². The second kappa shape index (κ2) is 5.16. The Morgan fingerprint density at radius 3 is 2.78 bits per heavy atom. The molecule has 4 nitrogen and oxygen atoms in total. The molecular weight excluding hydrogens is 250 g/mol. The predicted molar refractivity (Wildman–Crippen MR) is 73.9 cm³/mol. The summed E-state index contributed by atoms with van der Waals surface area (Å²) in [6.07, 6.45) is 0. The first-order valence-corrected chi connectivity index (χ1v) is 6.41. The first-order chi connectivity index (χ1) is 8.49. The largest absolute Gasteiger partial charge is 0.399 e. The maximum absolute atomic E-state index is 12.4. The Balaban J connectivity index is 2.20. The lowest BCUT2D eigenvalue weighted by Gasteiger charge is -2.38. The van der Waals surface area contributed by atoms with Gasteiger partial charge in [0.2, 0.25) is 0 Å². The number of hydrogen-bond donors (Lipinski definition) is 1. The number of carbonyl (C=O) groups excluding carboxylic acids is 1. The van der Waals surface area contributed by atoms with E-state index in [1.165, 1.54) is 0 Å². The van der Waals surface area contributed by atoms with E-state index in [4.69, 9.17) is 17.3 Å². The van der Waals surface area contributed by atoms with Gasteiger partial charge in [0.1, 0.15) is 0 Å². The lowest BCUT2D eigenvalue weighted by atomic mass is 10.1. The summed E-state index contributed by atoms with van der Waals surface area (Å²) in [5.74, 6) is -0.0133. The highest BCUT2D eigenvalue weighted by Crippen LogP contribution is 2.22. The predicted octanol–water partition coefficient (Wildman–Crippen LogP) is 1.70. The van der Waals surface area contributed by atoms with E-state index in [1.807, 2.05) is 4.90 Å². The van der Waals surface area contributed by atoms with Crippen LogP contribution in [-0.2, 0) is 0 Å². The molecule has 98 valence electrons. The van der Waals surface area contributed by atoms with Crippen LogP contribution in [0.15, 0.2) is 18.2 Å². The van der Waals surface area contributed by atoms with Crippen molar-refractivity contribution in [1.82, 2.24) is 9.80 Å². The van der Waals surface area contributed by atoms with Gasteiger partial charge in [-0.3, -0.25) is 4.79 Å². The summed E-state index contributed by atoms with van der Waals surface area (Å²) in [7, 11) is 2.06. The van der Waals surface area contributed by atoms with E-state index in [1.54, 1.807) is 18.2 Å².